The van der Waals surface area contributed by atoms with Crippen molar-refractivity contribution in [2.45, 2.75) is 19.9 Å². The maximum atomic E-state index is 11.9. The van der Waals surface area contributed by atoms with Gasteiger partial charge in [0.1, 0.15) is 5.75 Å². The summed E-state index contributed by atoms with van der Waals surface area (Å²) in [5, 5.41) is 9.47. The van der Waals surface area contributed by atoms with E-state index in [9.17, 15) is 4.79 Å². The highest BCUT2D eigenvalue weighted by Crippen LogP contribution is 2.17. The normalized spacial score (nSPS) is 10.5. The predicted octanol–water partition coefficient (Wildman–Crippen LogP) is 1.95. The smallest absolute Gasteiger partial charge is 0.260 e. The molecule has 0 radical (unpaired) electrons. The van der Waals surface area contributed by atoms with Crippen molar-refractivity contribution >= 4 is 17.5 Å². The summed E-state index contributed by atoms with van der Waals surface area (Å²) in [6.45, 7) is 3.99. The van der Waals surface area contributed by atoms with Crippen LogP contribution in [0.3, 0.4) is 0 Å². The monoisotopic (exact) mass is 271 g/mol. The molecule has 0 fully saturated rings. The molecule has 0 atom stereocenters. The van der Waals surface area contributed by atoms with E-state index in [0.717, 1.165) is 0 Å². The van der Waals surface area contributed by atoms with Gasteiger partial charge in [-0.05, 0) is 32.0 Å². The maximum absolute atomic E-state index is 11.9. The second kappa shape index (κ2) is 7.24. The van der Waals surface area contributed by atoms with E-state index in [4.69, 9.17) is 21.4 Å². The van der Waals surface area contributed by atoms with Crippen LogP contribution in [0.5, 0.6) is 5.75 Å². The first-order valence-corrected chi connectivity index (χ1v) is 6.21. The second-order valence-electron chi connectivity index (χ2n) is 4.15. The van der Waals surface area contributed by atoms with Crippen molar-refractivity contribution in [1.82, 2.24) is 4.90 Å². The number of rotatable bonds is 6. The Morgan fingerprint density at radius 1 is 1.50 bits per heavy atom. The lowest BCUT2D eigenvalue weighted by molar-refractivity contribution is -0.135. The number of ether oxygens (including phenoxy) is 1. The molecule has 0 aromatic heterocycles. The van der Waals surface area contributed by atoms with Gasteiger partial charge >= 0.3 is 0 Å². The topological polar surface area (TPSA) is 49.8 Å². The van der Waals surface area contributed by atoms with Gasteiger partial charge in [-0.15, -0.1) is 0 Å². The third kappa shape index (κ3) is 4.55. The molecular weight excluding hydrogens is 254 g/mol. The van der Waals surface area contributed by atoms with Crippen LogP contribution in [0.4, 0.5) is 0 Å². The summed E-state index contributed by atoms with van der Waals surface area (Å²) in [4.78, 5) is 13.5. The van der Waals surface area contributed by atoms with Gasteiger partial charge in [0.2, 0.25) is 0 Å². The molecule has 1 amide bonds. The van der Waals surface area contributed by atoms with Crippen LogP contribution >= 0.6 is 11.6 Å². The molecule has 1 N–H and O–H groups in total. The number of hydrogen-bond donors (Lipinski definition) is 1. The SMILES string of the molecule is CC(C)N(CCO)C(=O)COc1cccc(Cl)c1. The van der Waals surface area contributed by atoms with E-state index in [1.165, 1.54) is 0 Å². The average Bonchev–Trinajstić information content (AvgIpc) is 2.32. The number of carbonyl (C=O) groups excluding carboxylic acids is 1. The second-order valence-corrected chi connectivity index (χ2v) is 4.59. The fourth-order valence-electron chi connectivity index (χ4n) is 1.56. The van der Waals surface area contributed by atoms with Crippen LogP contribution in [0.2, 0.25) is 5.02 Å². The van der Waals surface area contributed by atoms with Crippen LogP contribution in [0.25, 0.3) is 0 Å². The van der Waals surface area contributed by atoms with E-state index in [-0.39, 0.29) is 25.2 Å². The third-order valence-corrected chi connectivity index (χ3v) is 2.68. The van der Waals surface area contributed by atoms with Crippen molar-refractivity contribution in [2.75, 3.05) is 19.8 Å². The summed E-state index contributed by atoms with van der Waals surface area (Å²) >= 11 is 5.81. The highest BCUT2D eigenvalue weighted by Gasteiger charge is 2.16. The fourth-order valence-corrected chi connectivity index (χ4v) is 1.74. The number of amides is 1. The Kier molecular flexibility index (Phi) is 5.95. The third-order valence-electron chi connectivity index (χ3n) is 2.44. The van der Waals surface area contributed by atoms with Crippen LogP contribution in [0.15, 0.2) is 24.3 Å². The quantitative estimate of drug-likeness (QED) is 0.860. The number of hydrogen-bond acceptors (Lipinski definition) is 3. The summed E-state index contributed by atoms with van der Waals surface area (Å²) in [5.41, 5.74) is 0. The minimum absolute atomic E-state index is 0.0348. The zero-order valence-corrected chi connectivity index (χ0v) is 11.4. The molecule has 0 bridgehead atoms. The summed E-state index contributed by atoms with van der Waals surface area (Å²) in [7, 11) is 0. The minimum Gasteiger partial charge on any atom is -0.484 e. The predicted molar refractivity (Wildman–Crippen MR) is 70.9 cm³/mol. The molecule has 5 heteroatoms. The molecular formula is C13H18ClNO3. The van der Waals surface area contributed by atoms with Crippen molar-refractivity contribution < 1.29 is 14.6 Å². The molecule has 0 heterocycles. The number of halogens is 1. The van der Waals surface area contributed by atoms with Crippen molar-refractivity contribution in [1.29, 1.82) is 0 Å². The molecule has 0 spiro atoms. The molecule has 0 aliphatic rings. The minimum atomic E-state index is -0.154. The van der Waals surface area contributed by atoms with E-state index >= 15 is 0 Å². The molecule has 0 saturated heterocycles. The van der Waals surface area contributed by atoms with Gasteiger partial charge in [0.15, 0.2) is 6.61 Å². The van der Waals surface area contributed by atoms with E-state index in [2.05, 4.69) is 0 Å². The highest BCUT2D eigenvalue weighted by molar-refractivity contribution is 6.30. The molecule has 1 aromatic carbocycles. The van der Waals surface area contributed by atoms with Crippen LogP contribution in [-0.4, -0.2) is 41.7 Å². The first-order valence-electron chi connectivity index (χ1n) is 5.83. The molecule has 18 heavy (non-hydrogen) atoms. The Morgan fingerprint density at radius 3 is 2.78 bits per heavy atom. The lowest BCUT2D eigenvalue weighted by Gasteiger charge is -2.25. The van der Waals surface area contributed by atoms with Gasteiger partial charge in [0, 0.05) is 17.6 Å². The lowest BCUT2D eigenvalue weighted by Crippen LogP contribution is -2.41. The van der Waals surface area contributed by atoms with Gasteiger partial charge < -0.3 is 14.7 Å². The van der Waals surface area contributed by atoms with Gasteiger partial charge in [-0.25, -0.2) is 0 Å². The Bertz CT molecular complexity index is 396. The first-order chi connectivity index (χ1) is 8.54. The summed E-state index contributed by atoms with van der Waals surface area (Å²) in [6.07, 6.45) is 0. The van der Waals surface area contributed by atoms with Crippen molar-refractivity contribution in [3.05, 3.63) is 29.3 Å². The maximum Gasteiger partial charge on any atom is 0.260 e. The zero-order chi connectivity index (χ0) is 13.5. The largest absolute Gasteiger partial charge is 0.484 e. The van der Waals surface area contributed by atoms with Crippen molar-refractivity contribution in [3.8, 4) is 5.75 Å². The zero-order valence-electron chi connectivity index (χ0n) is 10.6. The molecule has 1 rings (SSSR count). The van der Waals surface area contributed by atoms with Crippen LogP contribution < -0.4 is 4.74 Å². The van der Waals surface area contributed by atoms with Gasteiger partial charge in [0.25, 0.3) is 5.91 Å². The molecule has 0 aliphatic heterocycles. The number of nitrogens with zero attached hydrogens (tertiary/aromatic N) is 1. The fraction of sp³-hybridized carbons (Fsp3) is 0.462. The van der Waals surface area contributed by atoms with Crippen LogP contribution in [-0.2, 0) is 4.79 Å². The number of benzene rings is 1. The van der Waals surface area contributed by atoms with Gasteiger partial charge in [-0.1, -0.05) is 17.7 Å². The van der Waals surface area contributed by atoms with E-state index in [0.29, 0.717) is 17.3 Å². The lowest BCUT2D eigenvalue weighted by atomic mass is 10.3. The van der Waals surface area contributed by atoms with Gasteiger partial charge in [-0.3, -0.25) is 4.79 Å². The Morgan fingerprint density at radius 2 is 2.22 bits per heavy atom. The Balaban J connectivity index is 2.54. The van der Waals surface area contributed by atoms with E-state index in [1.54, 1.807) is 29.2 Å². The number of aliphatic hydroxyl groups excluding tert-OH is 1. The molecule has 0 unspecified atom stereocenters. The van der Waals surface area contributed by atoms with Crippen molar-refractivity contribution in [2.24, 2.45) is 0 Å². The Hall–Kier alpha value is -1.26. The summed E-state index contributed by atoms with van der Waals surface area (Å²) < 4.78 is 5.37. The molecule has 0 aliphatic carbocycles. The van der Waals surface area contributed by atoms with Gasteiger partial charge in [-0.2, -0.15) is 0 Å². The molecule has 100 valence electrons. The Labute approximate surface area is 112 Å². The van der Waals surface area contributed by atoms with E-state index < -0.39 is 0 Å². The van der Waals surface area contributed by atoms with Crippen molar-refractivity contribution in [3.63, 3.8) is 0 Å². The molecule has 0 saturated carbocycles. The average molecular weight is 272 g/mol. The summed E-state index contributed by atoms with van der Waals surface area (Å²) in [6, 6.07) is 6.93. The highest BCUT2D eigenvalue weighted by atomic mass is 35.5. The van der Waals surface area contributed by atoms with Crippen LogP contribution in [0, 0.1) is 0 Å². The standard InChI is InChI=1S/C13H18ClNO3/c1-10(2)15(6-7-16)13(17)9-18-12-5-3-4-11(14)8-12/h3-5,8,10,16H,6-7,9H2,1-2H3. The summed E-state index contributed by atoms with van der Waals surface area (Å²) in [5.74, 6) is 0.405. The number of carbonyl (C=O) groups is 1. The van der Waals surface area contributed by atoms with Gasteiger partial charge in [0.05, 0.1) is 6.61 Å². The molecule has 1 aromatic rings. The van der Waals surface area contributed by atoms with Crippen LogP contribution in [0.1, 0.15) is 13.8 Å². The number of aliphatic hydroxyl groups is 1. The first kappa shape index (κ1) is 14.8. The van der Waals surface area contributed by atoms with E-state index in [1.807, 2.05) is 13.8 Å². The molecule has 4 nitrogen and oxygen atoms in total.